The van der Waals surface area contributed by atoms with Gasteiger partial charge in [-0.25, -0.2) is 0 Å². The first-order valence-electron chi connectivity index (χ1n) is 9.81. The molecular weight excluding hydrogens is 394 g/mol. The number of ether oxygens (including phenoxy) is 1. The van der Waals surface area contributed by atoms with Crippen molar-refractivity contribution >= 4 is 23.5 Å². The molecule has 0 atom stereocenters. The summed E-state index contributed by atoms with van der Waals surface area (Å²) in [7, 11) is 1.71. The Labute approximate surface area is 175 Å². The van der Waals surface area contributed by atoms with E-state index < -0.39 is 0 Å². The second-order valence-electron chi connectivity index (χ2n) is 6.89. The molecule has 1 aliphatic carbocycles. The molecule has 0 spiro atoms. The van der Waals surface area contributed by atoms with Crippen LogP contribution in [0.2, 0.25) is 5.02 Å². The van der Waals surface area contributed by atoms with Gasteiger partial charge in [0.1, 0.15) is 0 Å². The number of hydrogen-bond donors (Lipinski definition) is 2. The fourth-order valence-corrected chi connectivity index (χ4v) is 3.54. The van der Waals surface area contributed by atoms with Gasteiger partial charge in [0, 0.05) is 23.7 Å². The third kappa shape index (κ3) is 5.93. The zero-order valence-electron chi connectivity index (χ0n) is 16.7. The predicted molar refractivity (Wildman–Crippen MR) is 110 cm³/mol. The number of guanidine groups is 1. The van der Waals surface area contributed by atoms with E-state index >= 15 is 0 Å². The minimum Gasteiger partial charge on any atom is -0.466 e. The molecular formula is C20H26ClN5O3. The van der Waals surface area contributed by atoms with Gasteiger partial charge in [-0.05, 0) is 44.7 Å². The fraction of sp³-hybridized carbons (Fsp3) is 0.500. The van der Waals surface area contributed by atoms with Crippen molar-refractivity contribution in [3.63, 3.8) is 0 Å². The Bertz CT molecular complexity index is 846. The van der Waals surface area contributed by atoms with Crippen molar-refractivity contribution < 1.29 is 14.1 Å². The summed E-state index contributed by atoms with van der Waals surface area (Å²) < 4.78 is 10.4. The summed E-state index contributed by atoms with van der Waals surface area (Å²) >= 11 is 6.01. The maximum absolute atomic E-state index is 11.9. The number of halogens is 1. The molecule has 2 N–H and O–H groups in total. The highest BCUT2D eigenvalue weighted by Gasteiger charge is 2.27. The number of aromatic nitrogens is 2. The molecule has 1 aromatic carbocycles. The van der Waals surface area contributed by atoms with Gasteiger partial charge in [-0.2, -0.15) is 4.98 Å². The molecule has 1 aromatic heterocycles. The van der Waals surface area contributed by atoms with E-state index in [1.165, 1.54) is 0 Å². The van der Waals surface area contributed by atoms with Crippen LogP contribution >= 0.6 is 11.6 Å². The summed E-state index contributed by atoms with van der Waals surface area (Å²) in [6, 6.07) is 7.56. The van der Waals surface area contributed by atoms with E-state index in [4.69, 9.17) is 20.9 Å². The molecule has 156 valence electrons. The number of benzene rings is 1. The van der Waals surface area contributed by atoms with Crippen LogP contribution < -0.4 is 10.6 Å². The summed E-state index contributed by atoms with van der Waals surface area (Å²) in [6.45, 7) is 2.62. The van der Waals surface area contributed by atoms with Crippen molar-refractivity contribution in [1.82, 2.24) is 20.8 Å². The predicted octanol–water partition coefficient (Wildman–Crippen LogP) is 3.18. The lowest BCUT2D eigenvalue weighted by atomic mass is 9.86. The molecule has 1 heterocycles. The Balaban J connectivity index is 1.47. The quantitative estimate of drug-likeness (QED) is 0.421. The number of hydrogen-bond acceptors (Lipinski definition) is 6. The van der Waals surface area contributed by atoms with E-state index in [1.54, 1.807) is 19.2 Å². The highest BCUT2D eigenvalue weighted by Crippen LogP contribution is 2.25. The molecule has 0 bridgehead atoms. The van der Waals surface area contributed by atoms with E-state index in [0.717, 1.165) is 31.2 Å². The number of nitrogens with one attached hydrogen (secondary N) is 2. The third-order valence-corrected chi connectivity index (χ3v) is 5.10. The Kier molecular flexibility index (Phi) is 7.46. The number of rotatable bonds is 6. The average molecular weight is 420 g/mol. The van der Waals surface area contributed by atoms with Crippen LogP contribution in [0.25, 0.3) is 11.4 Å². The average Bonchev–Trinajstić information content (AvgIpc) is 3.21. The van der Waals surface area contributed by atoms with Gasteiger partial charge >= 0.3 is 5.97 Å². The lowest BCUT2D eigenvalue weighted by molar-refractivity contribution is -0.149. The first-order chi connectivity index (χ1) is 14.1. The van der Waals surface area contributed by atoms with Gasteiger partial charge in [0.25, 0.3) is 0 Å². The highest BCUT2D eigenvalue weighted by atomic mass is 35.5. The zero-order valence-corrected chi connectivity index (χ0v) is 17.4. The van der Waals surface area contributed by atoms with E-state index in [-0.39, 0.29) is 17.9 Å². The number of nitrogens with zero attached hydrogens (tertiary/aromatic N) is 3. The van der Waals surface area contributed by atoms with Gasteiger partial charge in [0.05, 0.1) is 19.1 Å². The zero-order chi connectivity index (χ0) is 20.6. The maximum Gasteiger partial charge on any atom is 0.308 e. The Morgan fingerprint density at radius 2 is 2.14 bits per heavy atom. The smallest absolute Gasteiger partial charge is 0.308 e. The second kappa shape index (κ2) is 10.2. The Morgan fingerprint density at radius 1 is 1.34 bits per heavy atom. The summed E-state index contributed by atoms with van der Waals surface area (Å²) in [5.41, 5.74) is 0.799. The molecule has 3 rings (SSSR count). The van der Waals surface area contributed by atoms with E-state index in [0.29, 0.717) is 35.8 Å². The van der Waals surface area contributed by atoms with Crippen LogP contribution in [-0.4, -0.2) is 41.8 Å². The van der Waals surface area contributed by atoms with Crippen LogP contribution in [-0.2, 0) is 16.1 Å². The van der Waals surface area contributed by atoms with Crippen molar-refractivity contribution in [3.05, 3.63) is 35.2 Å². The standard InChI is InChI=1S/C20H26ClN5O3/c1-3-28-19(27)13-7-9-16(10-8-13)24-20(22-2)23-12-17-25-18(26-29-17)14-5-4-6-15(21)11-14/h4-6,11,13,16H,3,7-10,12H2,1-2H3,(H2,22,23,24). The van der Waals surface area contributed by atoms with Gasteiger partial charge in [-0.1, -0.05) is 28.9 Å². The summed E-state index contributed by atoms with van der Waals surface area (Å²) in [5, 5.41) is 11.2. The first-order valence-corrected chi connectivity index (χ1v) is 10.2. The number of carbonyl (C=O) groups excluding carboxylic acids is 1. The molecule has 2 aromatic rings. The van der Waals surface area contributed by atoms with E-state index in [2.05, 4.69) is 25.8 Å². The Morgan fingerprint density at radius 3 is 2.83 bits per heavy atom. The third-order valence-electron chi connectivity index (χ3n) is 4.87. The van der Waals surface area contributed by atoms with Crippen molar-refractivity contribution in [2.75, 3.05) is 13.7 Å². The van der Waals surface area contributed by atoms with Gasteiger partial charge < -0.3 is 19.9 Å². The lowest BCUT2D eigenvalue weighted by Crippen LogP contribution is -2.45. The summed E-state index contributed by atoms with van der Waals surface area (Å²) in [6.07, 6.45) is 3.42. The minimum absolute atomic E-state index is 0.00581. The maximum atomic E-state index is 11.9. The normalized spacial score (nSPS) is 19.6. The first kappa shape index (κ1) is 21.1. The van der Waals surface area contributed by atoms with Gasteiger partial charge in [-0.15, -0.1) is 0 Å². The second-order valence-corrected chi connectivity index (χ2v) is 7.33. The molecule has 1 saturated carbocycles. The van der Waals surface area contributed by atoms with Crippen molar-refractivity contribution in [2.24, 2.45) is 10.9 Å². The Hall–Kier alpha value is -2.61. The molecule has 1 aliphatic rings. The van der Waals surface area contributed by atoms with Crippen molar-refractivity contribution in [3.8, 4) is 11.4 Å². The number of carbonyl (C=O) groups is 1. The molecule has 0 saturated heterocycles. The fourth-order valence-electron chi connectivity index (χ4n) is 3.35. The van der Waals surface area contributed by atoms with Gasteiger partial charge in [-0.3, -0.25) is 9.79 Å². The molecule has 0 unspecified atom stereocenters. The molecule has 0 amide bonds. The lowest BCUT2D eigenvalue weighted by Gasteiger charge is -2.28. The molecule has 8 nitrogen and oxygen atoms in total. The summed E-state index contributed by atoms with van der Waals surface area (Å²) in [5.74, 6) is 1.53. The van der Waals surface area contributed by atoms with Crippen LogP contribution in [0.3, 0.4) is 0 Å². The van der Waals surface area contributed by atoms with Crippen molar-refractivity contribution in [1.29, 1.82) is 0 Å². The van der Waals surface area contributed by atoms with Crippen LogP contribution in [0.15, 0.2) is 33.8 Å². The molecule has 0 aliphatic heterocycles. The number of aliphatic imine (C=N–C) groups is 1. The van der Waals surface area contributed by atoms with Gasteiger partial charge in [0.2, 0.25) is 11.7 Å². The van der Waals surface area contributed by atoms with Gasteiger partial charge in [0.15, 0.2) is 5.96 Å². The minimum atomic E-state index is -0.0830. The molecule has 29 heavy (non-hydrogen) atoms. The largest absolute Gasteiger partial charge is 0.466 e. The van der Waals surface area contributed by atoms with Crippen LogP contribution in [0.5, 0.6) is 0 Å². The van der Waals surface area contributed by atoms with Crippen LogP contribution in [0, 0.1) is 5.92 Å². The highest BCUT2D eigenvalue weighted by molar-refractivity contribution is 6.30. The SMILES string of the molecule is CCOC(=O)C1CCC(NC(=NC)NCc2nc(-c3cccc(Cl)c3)no2)CC1. The monoisotopic (exact) mass is 419 g/mol. The molecule has 0 radical (unpaired) electrons. The van der Waals surface area contributed by atoms with Crippen molar-refractivity contribution in [2.45, 2.75) is 45.2 Å². The van der Waals surface area contributed by atoms with E-state index in [1.807, 2.05) is 19.1 Å². The summed E-state index contributed by atoms with van der Waals surface area (Å²) in [4.78, 5) is 20.5. The van der Waals surface area contributed by atoms with Crippen LogP contribution in [0.4, 0.5) is 0 Å². The molecule has 9 heteroatoms. The molecule has 1 fully saturated rings. The van der Waals surface area contributed by atoms with E-state index in [9.17, 15) is 4.79 Å². The number of esters is 1. The van der Waals surface area contributed by atoms with Crippen LogP contribution in [0.1, 0.15) is 38.5 Å². The topological polar surface area (TPSA) is 102 Å².